The number of hydrogen-bond donors (Lipinski definition) is 1. The molecule has 0 unspecified atom stereocenters. The largest absolute Gasteiger partial charge is 0.352 e. The lowest BCUT2D eigenvalue weighted by Gasteiger charge is -2.10. The molecule has 0 spiro atoms. The highest BCUT2D eigenvalue weighted by molar-refractivity contribution is 5.81. The number of para-hydroxylation sites is 1. The van der Waals surface area contributed by atoms with Crippen LogP contribution >= 0.6 is 0 Å². The Bertz CT molecular complexity index is 730. The molecule has 0 saturated heterocycles. The normalized spacial score (nSPS) is 13.1. The van der Waals surface area contributed by atoms with Gasteiger partial charge >= 0.3 is 0 Å². The van der Waals surface area contributed by atoms with Crippen LogP contribution in [0.15, 0.2) is 77.6 Å². The quantitative estimate of drug-likeness (QED) is 0.900. The Labute approximate surface area is 118 Å². The van der Waals surface area contributed by atoms with Gasteiger partial charge in [0.2, 0.25) is 5.43 Å². The van der Waals surface area contributed by atoms with E-state index in [-0.39, 0.29) is 5.43 Å². The molecule has 0 bridgehead atoms. The molecule has 0 atom stereocenters. The zero-order valence-corrected chi connectivity index (χ0v) is 11.0. The van der Waals surface area contributed by atoms with E-state index in [9.17, 15) is 4.79 Å². The zero-order chi connectivity index (χ0) is 13.8. The van der Waals surface area contributed by atoms with Crippen molar-refractivity contribution >= 4 is 16.9 Å². The van der Waals surface area contributed by atoms with Gasteiger partial charge in [-0.15, -0.1) is 0 Å². The summed E-state index contributed by atoms with van der Waals surface area (Å²) in [6.07, 6.45) is 7.05. The number of nitrogens with one attached hydrogen (secondary N) is 1. The van der Waals surface area contributed by atoms with Gasteiger partial charge in [0.1, 0.15) is 0 Å². The van der Waals surface area contributed by atoms with Gasteiger partial charge in [0.15, 0.2) is 0 Å². The Morgan fingerprint density at radius 2 is 1.65 bits per heavy atom. The molecule has 0 heterocycles. The van der Waals surface area contributed by atoms with Gasteiger partial charge in [0.25, 0.3) is 0 Å². The topological polar surface area (TPSA) is 29.1 Å². The highest BCUT2D eigenvalue weighted by atomic mass is 16.1. The SMILES string of the molecule is O=c1ccccc(C2=CC=CC2)c1Nc1ccccc1. The summed E-state index contributed by atoms with van der Waals surface area (Å²) < 4.78 is 0. The van der Waals surface area contributed by atoms with E-state index < -0.39 is 0 Å². The number of hydrogen-bond acceptors (Lipinski definition) is 2. The Kier molecular flexibility index (Phi) is 3.46. The molecule has 0 amide bonds. The first-order chi connectivity index (χ1) is 9.84. The van der Waals surface area contributed by atoms with E-state index in [0.717, 1.165) is 23.2 Å². The Balaban J connectivity index is 2.09. The standard InChI is InChI=1S/C18H15NO/c20-17-13-7-6-12-16(14-8-4-5-9-14)18(17)19-15-10-2-1-3-11-15/h1-8,10-13H,9H2,(H,19,20). The molecule has 0 radical (unpaired) electrons. The van der Waals surface area contributed by atoms with Crippen LogP contribution in [0.2, 0.25) is 0 Å². The Morgan fingerprint density at radius 1 is 0.900 bits per heavy atom. The van der Waals surface area contributed by atoms with Gasteiger partial charge in [-0.25, -0.2) is 0 Å². The van der Waals surface area contributed by atoms with Gasteiger partial charge in [-0.1, -0.05) is 54.6 Å². The van der Waals surface area contributed by atoms with Crippen molar-refractivity contribution in [3.8, 4) is 0 Å². The molecule has 3 rings (SSSR count). The second-order valence-electron chi connectivity index (χ2n) is 4.69. The van der Waals surface area contributed by atoms with Crippen molar-refractivity contribution in [2.45, 2.75) is 6.42 Å². The van der Waals surface area contributed by atoms with Crippen molar-refractivity contribution < 1.29 is 0 Å². The fourth-order valence-corrected chi connectivity index (χ4v) is 2.30. The third kappa shape index (κ3) is 2.54. The van der Waals surface area contributed by atoms with Crippen LogP contribution in [0.5, 0.6) is 0 Å². The molecule has 0 saturated carbocycles. The first kappa shape index (κ1) is 12.4. The van der Waals surface area contributed by atoms with Gasteiger partial charge < -0.3 is 5.32 Å². The molecule has 1 aliphatic carbocycles. The molecule has 1 aliphatic rings. The molecule has 20 heavy (non-hydrogen) atoms. The van der Waals surface area contributed by atoms with Crippen LogP contribution in [0.4, 0.5) is 11.4 Å². The fraction of sp³-hybridized carbons (Fsp3) is 0.0556. The van der Waals surface area contributed by atoms with Gasteiger partial charge in [0, 0.05) is 11.3 Å². The average molecular weight is 261 g/mol. The summed E-state index contributed by atoms with van der Waals surface area (Å²) in [6.45, 7) is 0. The van der Waals surface area contributed by atoms with Crippen molar-refractivity contribution in [3.63, 3.8) is 0 Å². The molecule has 2 aromatic carbocycles. The van der Waals surface area contributed by atoms with E-state index >= 15 is 0 Å². The lowest BCUT2D eigenvalue weighted by molar-refractivity contribution is 1.42. The monoisotopic (exact) mass is 261 g/mol. The van der Waals surface area contributed by atoms with E-state index in [0.29, 0.717) is 5.69 Å². The number of allylic oxidation sites excluding steroid dienone is 4. The summed E-state index contributed by atoms with van der Waals surface area (Å²) in [5.74, 6) is 0. The van der Waals surface area contributed by atoms with Crippen molar-refractivity contribution in [2.75, 3.05) is 5.32 Å². The zero-order valence-electron chi connectivity index (χ0n) is 11.0. The fourth-order valence-electron chi connectivity index (χ4n) is 2.30. The highest BCUT2D eigenvalue weighted by Crippen LogP contribution is 2.28. The minimum Gasteiger partial charge on any atom is -0.352 e. The summed E-state index contributed by atoms with van der Waals surface area (Å²) in [7, 11) is 0. The summed E-state index contributed by atoms with van der Waals surface area (Å²) in [5.41, 5.74) is 3.69. The predicted molar refractivity (Wildman–Crippen MR) is 84.2 cm³/mol. The van der Waals surface area contributed by atoms with Crippen LogP contribution in [-0.2, 0) is 0 Å². The molecule has 0 fully saturated rings. The molecular weight excluding hydrogens is 246 g/mol. The molecular formula is C18H15NO. The molecule has 2 nitrogen and oxygen atoms in total. The summed E-state index contributed by atoms with van der Waals surface area (Å²) in [5, 5.41) is 3.26. The number of anilines is 2. The van der Waals surface area contributed by atoms with E-state index in [1.165, 1.54) is 0 Å². The Hall–Kier alpha value is -2.61. The minimum atomic E-state index is 0.00153. The maximum Gasteiger partial charge on any atom is 0.202 e. The van der Waals surface area contributed by atoms with Crippen LogP contribution < -0.4 is 10.7 Å². The van der Waals surface area contributed by atoms with Crippen molar-refractivity contribution in [1.82, 2.24) is 0 Å². The van der Waals surface area contributed by atoms with Gasteiger partial charge in [-0.3, -0.25) is 4.79 Å². The first-order valence-electron chi connectivity index (χ1n) is 6.66. The van der Waals surface area contributed by atoms with Crippen LogP contribution in [0.25, 0.3) is 5.57 Å². The third-order valence-electron chi connectivity index (χ3n) is 3.30. The number of benzene rings is 1. The average Bonchev–Trinajstić information content (AvgIpc) is 2.94. The second-order valence-corrected chi connectivity index (χ2v) is 4.69. The van der Waals surface area contributed by atoms with Crippen LogP contribution in [0, 0.1) is 0 Å². The van der Waals surface area contributed by atoms with Crippen LogP contribution in [0.3, 0.4) is 0 Å². The maximum atomic E-state index is 12.3. The van der Waals surface area contributed by atoms with Crippen LogP contribution in [0.1, 0.15) is 12.0 Å². The number of rotatable bonds is 3. The lowest BCUT2D eigenvalue weighted by Crippen LogP contribution is -2.07. The van der Waals surface area contributed by atoms with Crippen molar-refractivity contribution in [3.05, 3.63) is 88.6 Å². The van der Waals surface area contributed by atoms with E-state index in [1.54, 1.807) is 12.1 Å². The van der Waals surface area contributed by atoms with E-state index in [1.807, 2.05) is 48.5 Å². The molecule has 98 valence electrons. The molecule has 0 aromatic heterocycles. The van der Waals surface area contributed by atoms with E-state index in [2.05, 4.69) is 17.5 Å². The van der Waals surface area contributed by atoms with Crippen molar-refractivity contribution in [1.29, 1.82) is 0 Å². The van der Waals surface area contributed by atoms with E-state index in [4.69, 9.17) is 0 Å². The molecule has 1 N–H and O–H groups in total. The highest BCUT2D eigenvalue weighted by Gasteiger charge is 2.10. The Morgan fingerprint density at radius 3 is 2.40 bits per heavy atom. The van der Waals surface area contributed by atoms with Crippen molar-refractivity contribution in [2.24, 2.45) is 0 Å². The third-order valence-corrected chi connectivity index (χ3v) is 3.30. The van der Waals surface area contributed by atoms with Gasteiger partial charge in [0.05, 0.1) is 5.69 Å². The molecule has 2 heteroatoms. The van der Waals surface area contributed by atoms with Crippen LogP contribution in [-0.4, -0.2) is 0 Å². The molecule has 0 aliphatic heterocycles. The van der Waals surface area contributed by atoms with Gasteiger partial charge in [-0.05, 0) is 30.2 Å². The maximum absolute atomic E-state index is 12.3. The summed E-state index contributed by atoms with van der Waals surface area (Å²) in [6, 6.07) is 17.0. The molecule has 2 aromatic rings. The second kappa shape index (κ2) is 5.57. The predicted octanol–water partition coefficient (Wildman–Crippen LogP) is 4.13. The van der Waals surface area contributed by atoms with Gasteiger partial charge in [-0.2, -0.15) is 0 Å². The first-order valence-corrected chi connectivity index (χ1v) is 6.66. The summed E-state index contributed by atoms with van der Waals surface area (Å²) in [4.78, 5) is 12.3. The smallest absolute Gasteiger partial charge is 0.202 e. The minimum absolute atomic E-state index is 0.00153. The summed E-state index contributed by atoms with van der Waals surface area (Å²) >= 11 is 0. The lowest BCUT2D eigenvalue weighted by atomic mass is 10.0.